The maximum absolute atomic E-state index is 12.7. The van der Waals surface area contributed by atoms with Crippen molar-refractivity contribution in [1.82, 2.24) is 25.1 Å². The molecule has 1 aromatic carbocycles. The van der Waals surface area contributed by atoms with E-state index in [4.69, 9.17) is 4.74 Å². The fourth-order valence-corrected chi connectivity index (χ4v) is 2.91. The molecule has 2 unspecified atom stereocenters. The van der Waals surface area contributed by atoms with Crippen molar-refractivity contribution >= 4 is 0 Å². The Morgan fingerprint density at radius 1 is 1.12 bits per heavy atom. The van der Waals surface area contributed by atoms with Crippen LogP contribution in [0.25, 0.3) is 5.69 Å². The van der Waals surface area contributed by atoms with Crippen LogP contribution in [0.4, 0.5) is 13.2 Å². The maximum Gasteiger partial charge on any atom is 0.416 e. The highest BCUT2D eigenvalue weighted by atomic mass is 19.4. The van der Waals surface area contributed by atoms with Gasteiger partial charge in [-0.3, -0.25) is 4.90 Å². The molecule has 1 saturated heterocycles. The molecule has 2 atom stereocenters. The highest BCUT2D eigenvalue weighted by Crippen LogP contribution is 2.29. The first-order chi connectivity index (χ1) is 11.3. The van der Waals surface area contributed by atoms with Gasteiger partial charge in [0.25, 0.3) is 0 Å². The first-order valence-corrected chi connectivity index (χ1v) is 7.65. The van der Waals surface area contributed by atoms with Crippen molar-refractivity contribution in [3.05, 3.63) is 35.7 Å². The number of aromatic nitrogens is 4. The summed E-state index contributed by atoms with van der Waals surface area (Å²) in [7, 11) is 0. The van der Waals surface area contributed by atoms with E-state index in [1.54, 1.807) is 0 Å². The number of ether oxygens (including phenoxy) is 1. The van der Waals surface area contributed by atoms with Gasteiger partial charge in [0.05, 0.1) is 30.0 Å². The van der Waals surface area contributed by atoms with Crippen molar-refractivity contribution in [2.24, 2.45) is 0 Å². The SMILES string of the molecule is CC1CN(Cc2nnnn2-c2ccc(C(F)(F)F)cc2)CC(C)O1. The lowest BCUT2D eigenvalue weighted by molar-refractivity contribution is -0.137. The number of tetrazole rings is 1. The Morgan fingerprint density at radius 2 is 1.75 bits per heavy atom. The lowest BCUT2D eigenvalue weighted by Gasteiger charge is -2.34. The molecule has 9 heteroatoms. The van der Waals surface area contributed by atoms with Crippen LogP contribution < -0.4 is 0 Å². The zero-order valence-electron chi connectivity index (χ0n) is 13.4. The molecule has 0 aliphatic carbocycles. The highest BCUT2D eigenvalue weighted by Gasteiger charge is 2.30. The predicted octanol–water partition coefficient (Wildman–Crippen LogP) is 2.29. The third-order valence-electron chi connectivity index (χ3n) is 3.83. The smallest absolute Gasteiger partial charge is 0.373 e. The third kappa shape index (κ3) is 3.73. The summed E-state index contributed by atoms with van der Waals surface area (Å²) in [6.07, 6.45) is -4.13. The Balaban J connectivity index is 1.78. The number of hydrogen-bond donors (Lipinski definition) is 0. The number of morpholine rings is 1. The van der Waals surface area contributed by atoms with E-state index in [2.05, 4.69) is 20.4 Å². The zero-order valence-corrected chi connectivity index (χ0v) is 13.4. The van der Waals surface area contributed by atoms with Gasteiger partial charge in [0, 0.05) is 13.1 Å². The van der Waals surface area contributed by atoms with Crippen LogP contribution in [0.15, 0.2) is 24.3 Å². The molecule has 1 aliphatic heterocycles. The summed E-state index contributed by atoms with van der Waals surface area (Å²) in [5.41, 5.74) is -0.200. The van der Waals surface area contributed by atoms with E-state index in [-0.39, 0.29) is 12.2 Å². The van der Waals surface area contributed by atoms with Gasteiger partial charge in [-0.2, -0.15) is 17.9 Å². The van der Waals surface area contributed by atoms with Crippen molar-refractivity contribution < 1.29 is 17.9 Å². The first kappa shape index (κ1) is 16.8. The summed E-state index contributed by atoms with van der Waals surface area (Å²) in [6.45, 7) is 6.02. The molecular weight excluding hydrogens is 323 g/mol. The lowest BCUT2D eigenvalue weighted by atomic mass is 10.2. The molecule has 2 heterocycles. The van der Waals surface area contributed by atoms with Crippen LogP contribution >= 0.6 is 0 Å². The van der Waals surface area contributed by atoms with E-state index in [0.29, 0.717) is 18.1 Å². The largest absolute Gasteiger partial charge is 0.416 e. The number of rotatable bonds is 3. The van der Waals surface area contributed by atoms with Crippen molar-refractivity contribution in [2.45, 2.75) is 38.8 Å². The predicted molar refractivity (Wildman–Crippen MR) is 79.4 cm³/mol. The number of halogens is 3. The van der Waals surface area contributed by atoms with Gasteiger partial charge in [-0.25, -0.2) is 0 Å². The molecule has 0 spiro atoms. The minimum Gasteiger partial charge on any atom is -0.373 e. The molecule has 24 heavy (non-hydrogen) atoms. The molecule has 1 fully saturated rings. The average molecular weight is 341 g/mol. The molecule has 2 aromatic rings. The molecule has 6 nitrogen and oxygen atoms in total. The molecular formula is C15H18F3N5O. The van der Waals surface area contributed by atoms with Gasteiger partial charge in [0.15, 0.2) is 5.82 Å². The molecule has 0 bridgehead atoms. The summed E-state index contributed by atoms with van der Waals surface area (Å²) in [4.78, 5) is 2.17. The van der Waals surface area contributed by atoms with Crippen LogP contribution in [0.5, 0.6) is 0 Å². The summed E-state index contributed by atoms with van der Waals surface area (Å²) >= 11 is 0. The van der Waals surface area contributed by atoms with Gasteiger partial charge in [-0.15, -0.1) is 5.10 Å². The molecule has 1 aliphatic rings. The van der Waals surface area contributed by atoms with E-state index in [1.807, 2.05) is 13.8 Å². The fourth-order valence-electron chi connectivity index (χ4n) is 2.91. The van der Waals surface area contributed by atoms with Crippen LogP contribution in [0, 0.1) is 0 Å². The number of benzene rings is 1. The van der Waals surface area contributed by atoms with Crippen molar-refractivity contribution in [2.75, 3.05) is 13.1 Å². The zero-order chi connectivity index (χ0) is 17.3. The second-order valence-electron chi connectivity index (χ2n) is 6.00. The fraction of sp³-hybridized carbons (Fsp3) is 0.533. The summed E-state index contributed by atoms with van der Waals surface area (Å²) in [6, 6.07) is 4.79. The van der Waals surface area contributed by atoms with Crippen molar-refractivity contribution in [1.29, 1.82) is 0 Å². The number of hydrogen-bond acceptors (Lipinski definition) is 5. The van der Waals surface area contributed by atoms with Gasteiger partial charge < -0.3 is 4.74 Å². The second kappa shape index (κ2) is 6.48. The monoisotopic (exact) mass is 341 g/mol. The minimum atomic E-state index is -4.36. The Labute approximate surface area is 137 Å². The van der Waals surface area contributed by atoms with Gasteiger partial charge in [0.2, 0.25) is 0 Å². The molecule has 130 valence electrons. The van der Waals surface area contributed by atoms with Crippen molar-refractivity contribution in [3.63, 3.8) is 0 Å². The Morgan fingerprint density at radius 3 is 2.33 bits per heavy atom. The van der Waals surface area contributed by atoms with E-state index in [0.717, 1.165) is 25.2 Å². The summed E-state index contributed by atoms with van der Waals surface area (Å²) < 4.78 is 45.1. The van der Waals surface area contributed by atoms with Gasteiger partial charge in [-0.1, -0.05) is 0 Å². The summed E-state index contributed by atoms with van der Waals surface area (Å²) in [5.74, 6) is 0.580. The molecule has 0 radical (unpaired) electrons. The molecule has 0 N–H and O–H groups in total. The molecule has 0 saturated carbocycles. The normalized spacial score (nSPS) is 22.7. The topological polar surface area (TPSA) is 56.1 Å². The number of nitrogens with zero attached hydrogens (tertiary/aromatic N) is 5. The summed E-state index contributed by atoms with van der Waals surface area (Å²) in [5, 5.41) is 11.6. The minimum absolute atomic E-state index is 0.115. The Hall–Kier alpha value is -2.00. The molecule has 3 rings (SSSR count). The maximum atomic E-state index is 12.7. The van der Waals surface area contributed by atoms with Crippen LogP contribution in [-0.4, -0.2) is 50.4 Å². The van der Waals surface area contributed by atoms with Crippen LogP contribution in [-0.2, 0) is 17.5 Å². The van der Waals surface area contributed by atoms with Gasteiger partial charge in [0.1, 0.15) is 0 Å². The Bertz CT molecular complexity index is 675. The quantitative estimate of drug-likeness (QED) is 0.857. The third-order valence-corrected chi connectivity index (χ3v) is 3.83. The number of alkyl halides is 3. The second-order valence-corrected chi connectivity index (χ2v) is 6.00. The first-order valence-electron chi connectivity index (χ1n) is 7.65. The molecule has 0 amide bonds. The lowest BCUT2D eigenvalue weighted by Crippen LogP contribution is -2.45. The van der Waals surface area contributed by atoms with E-state index in [1.165, 1.54) is 16.8 Å². The highest BCUT2D eigenvalue weighted by molar-refractivity contribution is 5.35. The van der Waals surface area contributed by atoms with Crippen molar-refractivity contribution in [3.8, 4) is 5.69 Å². The van der Waals surface area contributed by atoms with Gasteiger partial charge >= 0.3 is 6.18 Å². The van der Waals surface area contributed by atoms with E-state index in [9.17, 15) is 13.2 Å². The van der Waals surface area contributed by atoms with E-state index < -0.39 is 11.7 Å². The van der Waals surface area contributed by atoms with E-state index >= 15 is 0 Å². The standard InChI is InChI=1S/C15H18F3N5O/c1-10-7-22(8-11(2)24-10)9-14-19-20-21-23(14)13-5-3-12(4-6-13)15(16,17)18/h3-6,10-11H,7-9H2,1-2H3. The van der Waals surface area contributed by atoms with Crippen LogP contribution in [0.1, 0.15) is 25.2 Å². The molecule has 1 aromatic heterocycles. The average Bonchev–Trinajstić information content (AvgIpc) is 2.93. The van der Waals surface area contributed by atoms with Gasteiger partial charge in [-0.05, 0) is 48.5 Å². The van der Waals surface area contributed by atoms with Crippen LogP contribution in [0.3, 0.4) is 0 Å². The van der Waals surface area contributed by atoms with Crippen LogP contribution in [0.2, 0.25) is 0 Å². The Kier molecular flexibility index (Phi) is 4.55.